The fraction of sp³-hybridized carbons (Fsp3) is 0.231. The first-order chi connectivity index (χ1) is 15.9. The lowest BCUT2D eigenvalue weighted by Crippen LogP contribution is -2.25. The maximum atomic E-state index is 12.6. The molecule has 4 aromatic rings. The van der Waals surface area contributed by atoms with E-state index in [1.54, 1.807) is 24.3 Å². The van der Waals surface area contributed by atoms with Crippen LogP contribution in [0.15, 0.2) is 60.7 Å². The number of ether oxygens (including phenoxy) is 1. The number of carbonyl (C=O) groups is 1. The number of benzene rings is 3. The third kappa shape index (κ3) is 5.49. The molecule has 0 bridgehead atoms. The average Bonchev–Trinajstić information content (AvgIpc) is 3.16. The van der Waals surface area contributed by atoms with Gasteiger partial charge in [0.25, 0.3) is 5.91 Å². The number of imidazole rings is 1. The largest absolute Gasteiger partial charge is 0.494 e. The number of carbonyl (C=O) groups excluding carboxylic acids is 1. The molecule has 5 nitrogen and oxygen atoms in total. The van der Waals surface area contributed by atoms with Gasteiger partial charge in [0.15, 0.2) is 0 Å². The number of nitrogens with one attached hydrogen (secondary N) is 1. The monoisotopic (exact) mass is 481 g/mol. The SMILES string of the molecule is Cc1cc(OCCCn2c(CNC(=O)c3cccc(Cl)c3)nc3ccccc32)cc(C)c1Cl. The number of amides is 1. The molecule has 4 rings (SSSR count). The van der Waals surface area contributed by atoms with Gasteiger partial charge in [-0.1, -0.05) is 41.4 Å². The van der Waals surface area contributed by atoms with Gasteiger partial charge in [-0.2, -0.15) is 0 Å². The Balaban J connectivity index is 1.43. The van der Waals surface area contributed by atoms with Gasteiger partial charge in [-0.05, 0) is 73.9 Å². The normalized spacial score (nSPS) is 11.0. The summed E-state index contributed by atoms with van der Waals surface area (Å²) in [5, 5.41) is 4.26. The fourth-order valence-electron chi connectivity index (χ4n) is 3.80. The lowest BCUT2D eigenvalue weighted by Gasteiger charge is -2.12. The van der Waals surface area contributed by atoms with E-state index >= 15 is 0 Å². The number of nitrogens with zero attached hydrogens (tertiary/aromatic N) is 2. The Labute approximate surface area is 203 Å². The van der Waals surface area contributed by atoms with Crippen LogP contribution in [0.1, 0.15) is 33.7 Å². The van der Waals surface area contributed by atoms with E-state index in [-0.39, 0.29) is 5.91 Å². The zero-order valence-electron chi connectivity index (χ0n) is 18.6. The van der Waals surface area contributed by atoms with E-state index in [0.29, 0.717) is 30.3 Å². The molecule has 0 atom stereocenters. The van der Waals surface area contributed by atoms with Gasteiger partial charge in [-0.25, -0.2) is 4.98 Å². The number of aromatic nitrogens is 2. The lowest BCUT2D eigenvalue weighted by molar-refractivity contribution is 0.0949. The van der Waals surface area contributed by atoms with Crippen LogP contribution in [0.3, 0.4) is 0 Å². The molecule has 1 aromatic heterocycles. The molecule has 33 heavy (non-hydrogen) atoms. The van der Waals surface area contributed by atoms with Gasteiger partial charge in [0.05, 0.1) is 24.2 Å². The van der Waals surface area contributed by atoms with E-state index in [4.69, 9.17) is 32.9 Å². The summed E-state index contributed by atoms with van der Waals surface area (Å²) in [6.45, 7) is 5.54. The highest BCUT2D eigenvalue weighted by atomic mass is 35.5. The minimum Gasteiger partial charge on any atom is -0.494 e. The van der Waals surface area contributed by atoms with Crippen molar-refractivity contribution in [2.75, 3.05) is 6.61 Å². The second-order valence-corrected chi connectivity index (χ2v) is 8.75. The first-order valence-corrected chi connectivity index (χ1v) is 11.6. The molecule has 0 aliphatic heterocycles. The third-order valence-electron chi connectivity index (χ3n) is 5.43. The minimum atomic E-state index is -0.187. The van der Waals surface area contributed by atoms with Crippen molar-refractivity contribution in [1.29, 1.82) is 0 Å². The molecule has 0 saturated carbocycles. The van der Waals surface area contributed by atoms with Crippen LogP contribution < -0.4 is 10.1 Å². The number of hydrogen-bond donors (Lipinski definition) is 1. The van der Waals surface area contributed by atoms with Crippen LogP contribution in [-0.2, 0) is 13.1 Å². The summed E-state index contributed by atoms with van der Waals surface area (Å²) >= 11 is 12.3. The van der Waals surface area contributed by atoms with Crippen molar-refractivity contribution in [3.8, 4) is 5.75 Å². The number of fused-ring (bicyclic) bond motifs is 1. The van der Waals surface area contributed by atoms with Crippen LogP contribution in [0, 0.1) is 13.8 Å². The van der Waals surface area contributed by atoms with Crippen molar-refractivity contribution in [1.82, 2.24) is 14.9 Å². The Morgan fingerprint density at radius 3 is 2.55 bits per heavy atom. The van der Waals surface area contributed by atoms with Crippen molar-refractivity contribution in [3.05, 3.63) is 93.2 Å². The Bertz CT molecular complexity index is 1280. The van der Waals surface area contributed by atoms with E-state index in [0.717, 1.165) is 45.2 Å². The highest BCUT2D eigenvalue weighted by molar-refractivity contribution is 6.32. The molecule has 0 saturated heterocycles. The Morgan fingerprint density at radius 2 is 1.79 bits per heavy atom. The van der Waals surface area contributed by atoms with Gasteiger partial charge in [0.1, 0.15) is 11.6 Å². The van der Waals surface area contributed by atoms with Gasteiger partial charge < -0.3 is 14.6 Å². The molecule has 1 heterocycles. The quantitative estimate of drug-likeness (QED) is 0.298. The molecule has 0 fully saturated rings. The topological polar surface area (TPSA) is 56.1 Å². The number of rotatable bonds is 8. The number of hydrogen-bond acceptors (Lipinski definition) is 3. The predicted molar refractivity (Wildman–Crippen MR) is 133 cm³/mol. The van der Waals surface area contributed by atoms with E-state index in [2.05, 4.69) is 9.88 Å². The van der Waals surface area contributed by atoms with E-state index in [1.165, 1.54) is 0 Å². The highest BCUT2D eigenvalue weighted by Crippen LogP contribution is 2.26. The summed E-state index contributed by atoms with van der Waals surface area (Å²) in [5.41, 5.74) is 4.46. The van der Waals surface area contributed by atoms with Crippen molar-refractivity contribution in [2.45, 2.75) is 33.4 Å². The summed E-state index contributed by atoms with van der Waals surface area (Å²) in [5.74, 6) is 1.43. The van der Waals surface area contributed by atoms with Crippen molar-refractivity contribution >= 4 is 40.1 Å². The van der Waals surface area contributed by atoms with Gasteiger partial charge in [-0.3, -0.25) is 4.79 Å². The first kappa shape index (κ1) is 23.1. The van der Waals surface area contributed by atoms with E-state index in [1.807, 2.05) is 50.2 Å². The Kier molecular flexibility index (Phi) is 7.21. The molecule has 0 unspecified atom stereocenters. The molecule has 0 aliphatic carbocycles. The Hall–Kier alpha value is -3.02. The molecule has 0 radical (unpaired) electrons. The molecular formula is C26H25Cl2N3O2. The summed E-state index contributed by atoms with van der Waals surface area (Å²) < 4.78 is 8.10. The van der Waals surface area contributed by atoms with Gasteiger partial charge >= 0.3 is 0 Å². The molecule has 3 aromatic carbocycles. The maximum Gasteiger partial charge on any atom is 0.251 e. The van der Waals surface area contributed by atoms with E-state index < -0.39 is 0 Å². The van der Waals surface area contributed by atoms with Crippen LogP contribution in [-0.4, -0.2) is 22.1 Å². The second-order valence-electron chi connectivity index (χ2n) is 7.93. The zero-order chi connectivity index (χ0) is 23.4. The molecule has 1 N–H and O–H groups in total. The van der Waals surface area contributed by atoms with Crippen molar-refractivity contribution in [3.63, 3.8) is 0 Å². The van der Waals surface area contributed by atoms with Crippen LogP contribution in [0.2, 0.25) is 10.0 Å². The van der Waals surface area contributed by atoms with Crippen molar-refractivity contribution < 1.29 is 9.53 Å². The maximum absolute atomic E-state index is 12.6. The summed E-state index contributed by atoms with van der Waals surface area (Å²) in [6.07, 6.45) is 0.788. The van der Waals surface area contributed by atoms with Gasteiger partial charge in [0.2, 0.25) is 0 Å². The molecule has 0 aliphatic rings. The molecule has 0 spiro atoms. The molecule has 7 heteroatoms. The standard InChI is InChI=1S/C26H25Cl2N3O2/c1-17-13-21(14-18(2)25(17)28)33-12-6-11-31-23-10-4-3-9-22(23)30-24(31)16-29-26(32)19-7-5-8-20(27)15-19/h3-5,7-10,13-15H,6,11-12,16H2,1-2H3,(H,29,32). The number of aryl methyl sites for hydroxylation is 3. The van der Waals surface area contributed by atoms with Gasteiger partial charge in [0, 0.05) is 22.2 Å². The van der Waals surface area contributed by atoms with Crippen LogP contribution in [0.5, 0.6) is 5.75 Å². The number of halogens is 2. The molecule has 1 amide bonds. The van der Waals surface area contributed by atoms with Crippen LogP contribution in [0.25, 0.3) is 11.0 Å². The number of para-hydroxylation sites is 2. The summed E-state index contributed by atoms with van der Waals surface area (Å²) in [6, 6.07) is 18.8. The summed E-state index contributed by atoms with van der Waals surface area (Å²) in [4.78, 5) is 17.3. The van der Waals surface area contributed by atoms with Gasteiger partial charge in [-0.15, -0.1) is 0 Å². The lowest BCUT2D eigenvalue weighted by atomic mass is 10.1. The predicted octanol–water partition coefficient (Wildman–Crippen LogP) is 6.36. The minimum absolute atomic E-state index is 0.187. The average molecular weight is 482 g/mol. The second kappa shape index (κ2) is 10.3. The summed E-state index contributed by atoms with van der Waals surface area (Å²) in [7, 11) is 0. The van der Waals surface area contributed by atoms with Crippen LogP contribution >= 0.6 is 23.2 Å². The highest BCUT2D eigenvalue weighted by Gasteiger charge is 2.13. The van der Waals surface area contributed by atoms with Crippen molar-refractivity contribution in [2.24, 2.45) is 0 Å². The fourth-order valence-corrected chi connectivity index (χ4v) is 4.10. The smallest absolute Gasteiger partial charge is 0.251 e. The third-order valence-corrected chi connectivity index (χ3v) is 6.26. The molecular weight excluding hydrogens is 457 g/mol. The van der Waals surface area contributed by atoms with E-state index in [9.17, 15) is 4.79 Å². The van der Waals surface area contributed by atoms with Crippen LogP contribution in [0.4, 0.5) is 0 Å². The Morgan fingerprint density at radius 1 is 1.03 bits per heavy atom. The molecule has 170 valence electrons. The zero-order valence-corrected chi connectivity index (χ0v) is 20.1. The first-order valence-electron chi connectivity index (χ1n) is 10.8.